The van der Waals surface area contributed by atoms with Gasteiger partial charge in [-0.05, 0) is 69.2 Å². The maximum Gasteiger partial charge on any atom is 0.264 e. The minimum atomic E-state index is -4.09. The Labute approximate surface area is 231 Å². The number of hydrogen-bond acceptors (Lipinski definition) is 5. The van der Waals surface area contributed by atoms with Gasteiger partial charge in [0.1, 0.15) is 18.3 Å². The van der Waals surface area contributed by atoms with Crippen molar-refractivity contribution in [2.75, 3.05) is 18.0 Å². The van der Waals surface area contributed by atoms with Gasteiger partial charge in [0.25, 0.3) is 10.0 Å². The van der Waals surface area contributed by atoms with Gasteiger partial charge in [-0.25, -0.2) is 8.42 Å². The molecule has 0 aliphatic carbocycles. The Morgan fingerprint density at radius 2 is 1.62 bits per heavy atom. The molecular weight excluding hydrogens is 514 g/mol. The first-order valence-electron chi connectivity index (χ1n) is 12.9. The van der Waals surface area contributed by atoms with E-state index in [2.05, 4.69) is 5.32 Å². The molecule has 8 nitrogen and oxygen atoms in total. The first-order valence-corrected chi connectivity index (χ1v) is 14.4. The van der Waals surface area contributed by atoms with E-state index in [1.165, 1.54) is 17.0 Å². The van der Waals surface area contributed by atoms with Gasteiger partial charge in [0.15, 0.2) is 0 Å². The number of sulfonamides is 1. The van der Waals surface area contributed by atoms with Crippen molar-refractivity contribution in [2.24, 2.45) is 0 Å². The third kappa shape index (κ3) is 7.60. The number of nitrogens with one attached hydrogen (secondary N) is 1. The number of rotatable bonds is 12. The lowest BCUT2D eigenvalue weighted by Crippen LogP contribution is -2.53. The van der Waals surface area contributed by atoms with Gasteiger partial charge in [-0.3, -0.25) is 13.9 Å². The van der Waals surface area contributed by atoms with Gasteiger partial charge in [0, 0.05) is 12.6 Å². The maximum absolute atomic E-state index is 14.0. The van der Waals surface area contributed by atoms with Crippen molar-refractivity contribution in [1.29, 1.82) is 0 Å². The number of nitrogens with zero attached hydrogens (tertiary/aromatic N) is 2. The summed E-state index contributed by atoms with van der Waals surface area (Å²) < 4.78 is 34.1. The standard InChI is InChI=1S/C30H37N3O5S/c1-6-28(30(35)31-22(2)3)32(20-24-11-10-14-26(19-24)38-5)29(34)21-33(25-12-8-7-9-13-25)39(36,37)27-17-15-23(4)16-18-27/h7-19,22,28H,6,20-21H2,1-5H3,(H,31,35)/t28-/m1/s1. The average molecular weight is 552 g/mol. The van der Waals surface area contributed by atoms with Crippen molar-refractivity contribution in [1.82, 2.24) is 10.2 Å². The van der Waals surface area contributed by atoms with Crippen molar-refractivity contribution in [2.45, 2.75) is 57.6 Å². The second-order valence-electron chi connectivity index (χ2n) is 9.62. The number of carbonyl (C=O) groups is 2. The summed E-state index contributed by atoms with van der Waals surface area (Å²) in [7, 11) is -2.53. The lowest BCUT2D eigenvalue weighted by Gasteiger charge is -2.33. The zero-order valence-electron chi connectivity index (χ0n) is 23.1. The number of para-hydroxylation sites is 1. The van der Waals surface area contributed by atoms with Gasteiger partial charge < -0.3 is 15.0 Å². The second kappa shape index (κ2) is 13.3. The molecule has 0 aromatic heterocycles. The Bertz CT molecular complexity index is 1360. The van der Waals surface area contributed by atoms with Crippen LogP contribution >= 0.6 is 0 Å². The van der Waals surface area contributed by atoms with Crippen LogP contribution in [0.1, 0.15) is 38.3 Å². The van der Waals surface area contributed by atoms with Crippen LogP contribution in [0.2, 0.25) is 0 Å². The Balaban J connectivity index is 2.04. The third-order valence-electron chi connectivity index (χ3n) is 6.24. The fourth-order valence-corrected chi connectivity index (χ4v) is 5.64. The van der Waals surface area contributed by atoms with Crippen molar-refractivity contribution in [3.05, 3.63) is 90.0 Å². The van der Waals surface area contributed by atoms with E-state index in [4.69, 9.17) is 4.74 Å². The number of hydrogen-bond donors (Lipinski definition) is 1. The van der Waals surface area contributed by atoms with Crippen molar-refractivity contribution >= 4 is 27.5 Å². The van der Waals surface area contributed by atoms with Gasteiger partial charge >= 0.3 is 0 Å². The van der Waals surface area contributed by atoms with Gasteiger partial charge in [-0.2, -0.15) is 0 Å². The van der Waals surface area contributed by atoms with Crippen LogP contribution in [-0.4, -0.2) is 50.9 Å². The first kappa shape index (κ1) is 29.7. The molecule has 0 heterocycles. The monoisotopic (exact) mass is 551 g/mol. The lowest BCUT2D eigenvalue weighted by atomic mass is 10.1. The molecule has 0 bridgehead atoms. The van der Waals surface area contributed by atoms with Crippen LogP contribution in [0, 0.1) is 6.92 Å². The lowest BCUT2D eigenvalue weighted by molar-refractivity contribution is -0.140. The summed E-state index contributed by atoms with van der Waals surface area (Å²) in [5.41, 5.74) is 2.03. The molecular formula is C30H37N3O5S. The molecule has 39 heavy (non-hydrogen) atoms. The molecule has 208 valence electrons. The zero-order chi connectivity index (χ0) is 28.6. The van der Waals surface area contributed by atoms with Crippen molar-refractivity contribution < 1.29 is 22.7 Å². The zero-order valence-corrected chi connectivity index (χ0v) is 23.9. The molecule has 0 aliphatic rings. The molecule has 3 aromatic rings. The molecule has 1 atom stereocenters. The molecule has 0 radical (unpaired) electrons. The first-order chi connectivity index (χ1) is 18.6. The van der Waals surface area contributed by atoms with Gasteiger partial charge in [0.05, 0.1) is 17.7 Å². The van der Waals surface area contributed by atoms with E-state index in [0.717, 1.165) is 15.4 Å². The molecule has 3 aromatic carbocycles. The smallest absolute Gasteiger partial charge is 0.264 e. The summed E-state index contributed by atoms with van der Waals surface area (Å²) in [6.45, 7) is 7.03. The Kier molecular flexibility index (Phi) is 10.1. The summed E-state index contributed by atoms with van der Waals surface area (Å²) in [6.07, 6.45) is 0.351. The van der Waals surface area contributed by atoms with E-state index in [1.54, 1.807) is 61.7 Å². The predicted molar refractivity (Wildman–Crippen MR) is 153 cm³/mol. The molecule has 9 heteroatoms. The minimum Gasteiger partial charge on any atom is -0.497 e. The molecule has 2 amide bonds. The highest BCUT2D eigenvalue weighted by atomic mass is 32.2. The van der Waals surface area contributed by atoms with Crippen LogP contribution < -0.4 is 14.4 Å². The van der Waals surface area contributed by atoms with E-state index in [-0.39, 0.29) is 23.4 Å². The molecule has 0 fully saturated rings. The number of benzene rings is 3. The fraction of sp³-hybridized carbons (Fsp3) is 0.333. The summed E-state index contributed by atoms with van der Waals surface area (Å²) in [4.78, 5) is 28.7. The highest BCUT2D eigenvalue weighted by molar-refractivity contribution is 7.92. The van der Waals surface area contributed by atoms with Crippen LogP contribution in [0.4, 0.5) is 5.69 Å². The summed E-state index contributed by atoms with van der Waals surface area (Å²) in [5.74, 6) is -0.174. The predicted octanol–water partition coefficient (Wildman–Crippen LogP) is 4.53. The molecule has 1 N–H and O–H groups in total. The van der Waals surface area contributed by atoms with E-state index in [1.807, 2.05) is 39.8 Å². The van der Waals surface area contributed by atoms with Crippen molar-refractivity contribution in [3.8, 4) is 5.75 Å². The molecule has 3 rings (SSSR count). The summed E-state index contributed by atoms with van der Waals surface area (Å²) >= 11 is 0. The van der Waals surface area contributed by atoms with E-state index in [9.17, 15) is 18.0 Å². The number of methoxy groups -OCH3 is 1. The van der Waals surface area contributed by atoms with Crippen molar-refractivity contribution in [3.63, 3.8) is 0 Å². The summed E-state index contributed by atoms with van der Waals surface area (Å²) in [6, 6.07) is 21.3. The van der Waals surface area contributed by atoms with Gasteiger partial charge in [-0.15, -0.1) is 0 Å². The van der Waals surface area contributed by atoms with Crippen LogP contribution in [0.15, 0.2) is 83.8 Å². The Hall–Kier alpha value is -3.85. The molecule has 0 unspecified atom stereocenters. The van der Waals surface area contributed by atoms with Crippen LogP contribution in [0.25, 0.3) is 0 Å². The molecule has 0 saturated heterocycles. The molecule has 0 saturated carbocycles. The minimum absolute atomic E-state index is 0.0775. The molecule has 0 aliphatic heterocycles. The largest absolute Gasteiger partial charge is 0.497 e. The van der Waals surface area contributed by atoms with E-state index >= 15 is 0 Å². The second-order valence-corrected chi connectivity index (χ2v) is 11.5. The number of amides is 2. The fourth-order valence-electron chi connectivity index (χ4n) is 4.23. The maximum atomic E-state index is 14.0. The molecule has 0 spiro atoms. The highest BCUT2D eigenvalue weighted by Gasteiger charge is 2.33. The number of aryl methyl sites for hydroxylation is 1. The van der Waals surface area contributed by atoms with E-state index < -0.39 is 28.5 Å². The van der Waals surface area contributed by atoms with Gasteiger partial charge in [-0.1, -0.05) is 55.0 Å². The quantitative estimate of drug-likeness (QED) is 0.357. The Morgan fingerprint density at radius 3 is 2.21 bits per heavy atom. The normalized spacial score (nSPS) is 12.1. The number of anilines is 1. The van der Waals surface area contributed by atoms with Crippen LogP contribution in [0.3, 0.4) is 0 Å². The summed E-state index contributed by atoms with van der Waals surface area (Å²) in [5, 5.41) is 2.89. The van der Waals surface area contributed by atoms with Crippen LogP contribution in [0.5, 0.6) is 5.75 Å². The third-order valence-corrected chi connectivity index (χ3v) is 8.02. The van der Waals surface area contributed by atoms with Crippen LogP contribution in [-0.2, 0) is 26.2 Å². The van der Waals surface area contributed by atoms with Gasteiger partial charge in [0.2, 0.25) is 11.8 Å². The number of ether oxygens (including phenoxy) is 1. The van der Waals surface area contributed by atoms with E-state index in [0.29, 0.717) is 17.9 Å². The highest BCUT2D eigenvalue weighted by Crippen LogP contribution is 2.25. The Morgan fingerprint density at radius 1 is 0.949 bits per heavy atom. The number of carbonyl (C=O) groups excluding carboxylic acids is 2. The topological polar surface area (TPSA) is 96.0 Å². The SMILES string of the molecule is CC[C@H](C(=O)NC(C)C)N(Cc1cccc(OC)c1)C(=O)CN(c1ccccc1)S(=O)(=O)c1ccc(C)cc1. The average Bonchev–Trinajstić information content (AvgIpc) is 2.91.